The molecule has 0 unspecified atom stereocenters. The molecule has 2 heteroatoms. The minimum absolute atomic E-state index is 0.377. The molecule has 0 bridgehead atoms. The Kier molecular flexibility index (Phi) is 4.11. The van der Waals surface area contributed by atoms with Gasteiger partial charge in [0.2, 0.25) is 0 Å². The maximum atomic E-state index is 5.88. The van der Waals surface area contributed by atoms with E-state index in [-0.39, 0.29) is 0 Å². The van der Waals surface area contributed by atoms with Crippen LogP contribution in [0.4, 0.5) is 0 Å². The van der Waals surface area contributed by atoms with E-state index in [0.29, 0.717) is 5.41 Å². The highest BCUT2D eigenvalue weighted by Crippen LogP contribution is 2.25. The molecule has 1 N–H and O–H groups in total. The van der Waals surface area contributed by atoms with Crippen LogP contribution in [0.2, 0.25) is 5.02 Å². The minimum atomic E-state index is 0.377. The first kappa shape index (κ1) is 12.9. The van der Waals surface area contributed by atoms with Crippen molar-refractivity contribution in [3.05, 3.63) is 34.9 Å². The molecule has 0 aliphatic heterocycles. The molecule has 0 spiro atoms. The molecular formula is C15H22ClN. The van der Waals surface area contributed by atoms with Gasteiger partial charge in [-0.05, 0) is 48.8 Å². The van der Waals surface area contributed by atoms with Gasteiger partial charge in [-0.15, -0.1) is 0 Å². The van der Waals surface area contributed by atoms with Crippen LogP contribution >= 0.6 is 11.6 Å². The third-order valence-electron chi connectivity index (χ3n) is 3.45. The second kappa shape index (κ2) is 5.41. The average Bonchev–Trinajstić information content (AvgIpc) is 3.10. The van der Waals surface area contributed by atoms with Gasteiger partial charge in [0.1, 0.15) is 0 Å². The molecule has 0 amide bonds. The first-order valence-corrected chi connectivity index (χ1v) is 6.91. The number of hydrogen-bond acceptors (Lipinski definition) is 1. The van der Waals surface area contributed by atoms with Gasteiger partial charge in [0.05, 0.1) is 0 Å². The zero-order valence-corrected chi connectivity index (χ0v) is 11.6. The summed E-state index contributed by atoms with van der Waals surface area (Å²) in [6.45, 7) is 5.82. The molecule has 1 saturated carbocycles. The van der Waals surface area contributed by atoms with Crippen LogP contribution in [0.5, 0.6) is 0 Å². The van der Waals surface area contributed by atoms with Crippen LogP contribution in [-0.2, 0) is 6.42 Å². The summed E-state index contributed by atoms with van der Waals surface area (Å²) in [6.07, 6.45) is 5.09. The van der Waals surface area contributed by atoms with Gasteiger partial charge in [-0.25, -0.2) is 0 Å². The van der Waals surface area contributed by atoms with Crippen molar-refractivity contribution in [2.75, 3.05) is 6.54 Å². The highest BCUT2D eigenvalue weighted by molar-refractivity contribution is 6.30. The second-order valence-electron chi connectivity index (χ2n) is 5.95. The largest absolute Gasteiger partial charge is 0.313 e. The molecule has 0 heterocycles. The number of rotatable bonds is 6. The van der Waals surface area contributed by atoms with E-state index in [4.69, 9.17) is 11.6 Å². The first-order valence-electron chi connectivity index (χ1n) is 6.53. The standard InChI is InChI=1S/C15H22ClN/c1-15(2,11-17-14-7-8-14)10-9-12-3-5-13(16)6-4-12/h3-6,14,17H,7-11H2,1-2H3. The number of hydrogen-bond donors (Lipinski definition) is 1. The lowest BCUT2D eigenvalue weighted by molar-refractivity contribution is 0.313. The van der Waals surface area contributed by atoms with Crippen LogP contribution in [0.15, 0.2) is 24.3 Å². The number of nitrogens with one attached hydrogen (secondary N) is 1. The van der Waals surface area contributed by atoms with Crippen molar-refractivity contribution in [3.8, 4) is 0 Å². The molecule has 0 radical (unpaired) electrons. The average molecular weight is 252 g/mol. The number of benzene rings is 1. The van der Waals surface area contributed by atoms with E-state index in [1.165, 1.54) is 24.8 Å². The van der Waals surface area contributed by atoms with Crippen molar-refractivity contribution >= 4 is 11.6 Å². The Morgan fingerprint density at radius 1 is 1.24 bits per heavy atom. The maximum absolute atomic E-state index is 5.88. The van der Waals surface area contributed by atoms with Crippen LogP contribution in [0.1, 0.15) is 38.7 Å². The Labute approximate surface area is 110 Å². The Bertz CT molecular complexity index is 352. The van der Waals surface area contributed by atoms with E-state index in [2.05, 4.69) is 31.3 Å². The highest BCUT2D eigenvalue weighted by Gasteiger charge is 2.24. The first-order chi connectivity index (χ1) is 8.05. The van der Waals surface area contributed by atoms with Crippen LogP contribution in [-0.4, -0.2) is 12.6 Å². The smallest absolute Gasteiger partial charge is 0.0406 e. The van der Waals surface area contributed by atoms with Crippen LogP contribution in [0, 0.1) is 5.41 Å². The van der Waals surface area contributed by atoms with Gasteiger partial charge >= 0.3 is 0 Å². The Morgan fingerprint density at radius 2 is 1.88 bits per heavy atom. The van der Waals surface area contributed by atoms with Crippen molar-refractivity contribution in [1.82, 2.24) is 5.32 Å². The third kappa shape index (κ3) is 4.69. The molecular weight excluding hydrogens is 230 g/mol. The van der Waals surface area contributed by atoms with Crippen molar-refractivity contribution in [3.63, 3.8) is 0 Å². The van der Waals surface area contributed by atoms with Crippen molar-refractivity contribution in [2.45, 2.75) is 45.6 Å². The summed E-state index contributed by atoms with van der Waals surface area (Å²) in [5.74, 6) is 0. The molecule has 1 nitrogen and oxygen atoms in total. The van der Waals surface area contributed by atoms with Crippen LogP contribution < -0.4 is 5.32 Å². The number of aryl methyl sites for hydroxylation is 1. The lowest BCUT2D eigenvalue weighted by Gasteiger charge is -2.25. The lowest BCUT2D eigenvalue weighted by Crippen LogP contribution is -2.31. The zero-order valence-electron chi connectivity index (χ0n) is 10.8. The molecule has 1 aliphatic rings. The predicted molar refractivity (Wildman–Crippen MR) is 74.6 cm³/mol. The normalized spacial score (nSPS) is 16.2. The minimum Gasteiger partial charge on any atom is -0.313 e. The summed E-state index contributed by atoms with van der Waals surface area (Å²) in [4.78, 5) is 0. The Hall–Kier alpha value is -0.530. The van der Waals surface area contributed by atoms with Crippen molar-refractivity contribution in [2.24, 2.45) is 5.41 Å². The summed E-state index contributed by atoms with van der Waals surface area (Å²) in [5, 5.41) is 4.44. The van der Waals surface area contributed by atoms with E-state index < -0.39 is 0 Å². The molecule has 1 aromatic rings. The predicted octanol–water partition coefficient (Wildman–Crippen LogP) is 4.05. The quantitative estimate of drug-likeness (QED) is 0.804. The fourth-order valence-corrected chi connectivity index (χ4v) is 2.06. The van der Waals surface area contributed by atoms with E-state index in [1.54, 1.807) is 0 Å². The van der Waals surface area contributed by atoms with E-state index in [1.807, 2.05) is 12.1 Å². The van der Waals surface area contributed by atoms with Crippen LogP contribution in [0.3, 0.4) is 0 Å². The fourth-order valence-electron chi connectivity index (χ4n) is 1.93. The van der Waals surface area contributed by atoms with Crippen molar-refractivity contribution < 1.29 is 0 Å². The summed E-state index contributed by atoms with van der Waals surface area (Å²) in [7, 11) is 0. The van der Waals surface area contributed by atoms with Crippen LogP contribution in [0.25, 0.3) is 0 Å². The van der Waals surface area contributed by atoms with Gasteiger partial charge in [0, 0.05) is 17.6 Å². The molecule has 1 aromatic carbocycles. The zero-order chi connectivity index (χ0) is 12.3. The summed E-state index contributed by atoms with van der Waals surface area (Å²) in [5.41, 5.74) is 1.76. The summed E-state index contributed by atoms with van der Waals surface area (Å²) < 4.78 is 0. The molecule has 0 aromatic heterocycles. The Balaban J connectivity index is 1.76. The van der Waals surface area contributed by atoms with E-state index in [9.17, 15) is 0 Å². The lowest BCUT2D eigenvalue weighted by atomic mass is 9.86. The van der Waals surface area contributed by atoms with E-state index >= 15 is 0 Å². The summed E-state index contributed by atoms with van der Waals surface area (Å²) in [6, 6.07) is 9.03. The Morgan fingerprint density at radius 3 is 2.47 bits per heavy atom. The molecule has 17 heavy (non-hydrogen) atoms. The fraction of sp³-hybridized carbons (Fsp3) is 0.600. The highest BCUT2D eigenvalue weighted by atomic mass is 35.5. The summed E-state index contributed by atoms with van der Waals surface area (Å²) >= 11 is 5.88. The molecule has 1 aliphatic carbocycles. The van der Waals surface area contributed by atoms with Gasteiger partial charge < -0.3 is 5.32 Å². The number of halogens is 1. The van der Waals surface area contributed by atoms with Gasteiger partial charge in [-0.3, -0.25) is 0 Å². The van der Waals surface area contributed by atoms with Gasteiger partial charge in [-0.2, -0.15) is 0 Å². The van der Waals surface area contributed by atoms with Gasteiger partial charge in [0.15, 0.2) is 0 Å². The third-order valence-corrected chi connectivity index (χ3v) is 3.70. The van der Waals surface area contributed by atoms with Crippen molar-refractivity contribution in [1.29, 1.82) is 0 Å². The van der Waals surface area contributed by atoms with Gasteiger partial charge in [0.25, 0.3) is 0 Å². The SMILES string of the molecule is CC(C)(CCc1ccc(Cl)cc1)CNC1CC1. The topological polar surface area (TPSA) is 12.0 Å². The molecule has 1 fully saturated rings. The molecule has 2 rings (SSSR count). The molecule has 94 valence electrons. The molecule has 0 atom stereocenters. The van der Waals surface area contributed by atoms with Gasteiger partial charge in [-0.1, -0.05) is 37.6 Å². The second-order valence-corrected chi connectivity index (χ2v) is 6.38. The molecule has 0 saturated heterocycles. The monoisotopic (exact) mass is 251 g/mol. The van der Waals surface area contributed by atoms with E-state index in [0.717, 1.165) is 24.0 Å². The maximum Gasteiger partial charge on any atom is 0.0406 e.